The Hall–Kier alpha value is -0.970. The largest absolute Gasteiger partial charge is 0.497 e. The predicted molar refractivity (Wildman–Crippen MR) is 84.2 cm³/mol. The summed E-state index contributed by atoms with van der Waals surface area (Å²) in [6.07, 6.45) is 2.06. The lowest BCUT2D eigenvalue weighted by atomic mass is 9.74. The summed E-state index contributed by atoms with van der Waals surface area (Å²) >= 11 is 6.67. The van der Waals surface area contributed by atoms with Crippen LogP contribution in [0.25, 0.3) is 0 Å². The van der Waals surface area contributed by atoms with E-state index < -0.39 is 0 Å². The van der Waals surface area contributed by atoms with Gasteiger partial charge in [0.15, 0.2) is 0 Å². The number of hydrogen-bond acceptors (Lipinski definition) is 4. The summed E-state index contributed by atoms with van der Waals surface area (Å²) in [7, 11) is 3.38. The number of halogens is 1. The molecule has 2 aliphatic rings. The van der Waals surface area contributed by atoms with Gasteiger partial charge in [-0.2, -0.15) is 0 Å². The van der Waals surface area contributed by atoms with Gasteiger partial charge in [0.1, 0.15) is 11.5 Å². The number of alkyl halides is 1. The first-order valence-electron chi connectivity index (χ1n) is 7.51. The average molecular weight is 311 g/mol. The van der Waals surface area contributed by atoms with Crippen LogP contribution < -0.4 is 20.3 Å². The molecule has 3 rings (SSSR count). The fourth-order valence-corrected chi connectivity index (χ4v) is 4.41. The molecule has 21 heavy (non-hydrogen) atoms. The van der Waals surface area contributed by atoms with Gasteiger partial charge < -0.3 is 9.47 Å². The second kappa shape index (κ2) is 6.03. The van der Waals surface area contributed by atoms with Crippen molar-refractivity contribution in [3.05, 3.63) is 23.8 Å². The fourth-order valence-electron chi connectivity index (χ4n) is 3.80. The van der Waals surface area contributed by atoms with Gasteiger partial charge in [0.05, 0.1) is 14.2 Å². The molecule has 0 aromatic heterocycles. The smallest absolute Gasteiger partial charge is 0.126 e. The van der Waals surface area contributed by atoms with Crippen molar-refractivity contribution in [2.24, 2.45) is 5.92 Å². The number of hydrogen-bond donors (Lipinski definition) is 2. The highest BCUT2D eigenvalue weighted by Crippen LogP contribution is 2.44. The number of hydrazine groups is 1. The van der Waals surface area contributed by atoms with Crippen molar-refractivity contribution in [1.82, 2.24) is 10.9 Å². The molecule has 4 nitrogen and oxygen atoms in total. The molecular formula is C16H23ClN2O2. The van der Waals surface area contributed by atoms with E-state index in [-0.39, 0.29) is 5.38 Å². The van der Waals surface area contributed by atoms with Crippen molar-refractivity contribution in [3.63, 3.8) is 0 Å². The monoisotopic (exact) mass is 310 g/mol. The zero-order chi connectivity index (χ0) is 15.0. The van der Waals surface area contributed by atoms with E-state index in [9.17, 15) is 0 Å². The van der Waals surface area contributed by atoms with E-state index in [0.717, 1.165) is 24.3 Å². The highest BCUT2D eigenvalue weighted by Gasteiger charge is 2.44. The minimum atomic E-state index is 0.179. The third-order valence-corrected chi connectivity index (χ3v) is 5.35. The molecular weight excluding hydrogens is 288 g/mol. The SMILES string of the molecule is COc1ccc(C2CC(Cl)C3C(C)NNC3C2)c(OC)c1. The van der Waals surface area contributed by atoms with Crippen LogP contribution in [0.4, 0.5) is 0 Å². The van der Waals surface area contributed by atoms with Gasteiger partial charge in [-0.25, -0.2) is 0 Å². The number of ether oxygens (including phenoxy) is 2. The highest BCUT2D eigenvalue weighted by molar-refractivity contribution is 6.21. The average Bonchev–Trinajstić information content (AvgIpc) is 2.88. The second-order valence-corrected chi connectivity index (χ2v) is 6.61. The van der Waals surface area contributed by atoms with Crippen molar-refractivity contribution in [2.45, 2.75) is 43.1 Å². The first kappa shape index (κ1) is 14.9. The Balaban J connectivity index is 1.85. The maximum Gasteiger partial charge on any atom is 0.126 e. The fraction of sp³-hybridized carbons (Fsp3) is 0.625. The van der Waals surface area contributed by atoms with E-state index >= 15 is 0 Å². The molecule has 1 saturated carbocycles. The van der Waals surface area contributed by atoms with E-state index in [0.29, 0.717) is 23.9 Å². The summed E-state index contributed by atoms with van der Waals surface area (Å²) in [5.74, 6) is 2.61. The van der Waals surface area contributed by atoms with Crippen LogP contribution in [0.5, 0.6) is 11.5 Å². The summed E-state index contributed by atoms with van der Waals surface area (Å²) in [5.41, 5.74) is 7.95. The van der Waals surface area contributed by atoms with Crippen molar-refractivity contribution < 1.29 is 9.47 Å². The van der Waals surface area contributed by atoms with Gasteiger partial charge in [-0.3, -0.25) is 10.9 Å². The van der Waals surface area contributed by atoms with Crippen LogP contribution in [-0.2, 0) is 0 Å². The third kappa shape index (κ3) is 2.72. The van der Waals surface area contributed by atoms with Crippen LogP contribution in [0.2, 0.25) is 0 Å². The molecule has 0 bridgehead atoms. The standard InChI is InChI=1S/C16H23ClN2O2/c1-9-16-13(17)6-10(7-14(16)19-18-9)12-5-4-11(20-2)8-15(12)21-3/h4-5,8-10,13-14,16,18-19H,6-7H2,1-3H3. The molecule has 2 fully saturated rings. The molecule has 1 aliphatic carbocycles. The van der Waals surface area contributed by atoms with E-state index in [2.05, 4.69) is 23.8 Å². The molecule has 0 amide bonds. The lowest BCUT2D eigenvalue weighted by Gasteiger charge is -2.36. The number of methoxy groups -OCH3 is 2. The molecule has 1 aromatic rings. The van der Waals surface area contributed by atoms with Gasteiger partial charge >= 0.3 is 0 Å². The van der Waals surface area contributed by atoms with Gasteiger partial charge in [-0.05, 0) is 37.3 Å². The Labute approximate surface area is 131 Å². The first-order valence-corrected chi connectivity index (χ1v) is 7.94. The molecule has 5 unspecified atom stereocenters. The van der Waals surface area contributed by atoms with Crippen LogP contribution in [0, 0.1) is 5.92 Å². The van der Waals surface area contributed by atoms with Gasteiger partial charge in [-0.1, -0.05) is 6.07 Å². The van der Waals surface area contributed by atoms with E-state index in [1.165, 1.54) is 5.56 Å². The molecule has 1 saturated heterocycles. The Morgan fingerprint density at radius 2 is 1.95 bits per heavy atom. The van der Waals surface area contributed by atoms with Crippen LogP contribution >= 0.6 is 11.6 Å². The highest BCUT2D eigenvalue weighted by atomic mass is 35.5. The van der Waals surface area contributed by atoms with Crippen LogP contribution in [0.1, 0.15) is 31.2 Å². The summed E-state index contributed by atoms with van der Waals surface area (Å²) in [6, 6.07) is 6.91. The van der Waals surface area contributed by atoms with Gasteiger partial charge in [0.2, 0.25) is 0 Å². The lowest BCUT2D eigenvalue weighted by Crippen LogP contribution is -2.40. The maximum atomic E-state index is 6.67. The van der Waals surface area contributed by atoms with Gasteiger partial charge in [0.25, 0.3) is 0 Å². The van der Waals surface area contributed by atoms with Crippen LogP contribution in [0.3, 0.4) is 0 Å². The molecule has 2 N–H and O–H groups in total. The quantitative estimate of drug-likeness (QED) is 0.842. The zero-order valence-electron chi connectivity index (χ0n) is 12.7. The van der Waals surface area contributed by atoms with Crippen molar-refractivity contribution >= 4 is 11.6 Å². The molecule has 5 atom stereocenters. The van der Waals surface area contributed by atoms with Gasteiger partial charge in [0, 0.05) is 29.4 Å². The minimum Gasteiger partial charge on any atom is -0.497 e. The zero-order valence-corrected chi connectivity index (χ0v) is 13.5. The number of fused-ring (bicyclic) bond motifs is 1. The third-order valence-electron chi connectivity index (χ3n) is 4.88. The molecule has 116 valence electrons. The molecule has 0 radical (unpaired) electrons. The van der Waals surface area contributed by atoms with Crippen LogP contribution in [0.15, 0.2) is 18.2 Å². The number of nitrogens with one attached hydrogen (secondary N) is 2. The minimum absolute atomic E-state index is 0.179. The lowest BCUT2D eigenvalue weighted by molar-refractivity contribution is 0.285. The summed E-state index contributed by atoms with van der Waals surface area (Å²) in [5, 5.41) is 0.179. The van der Waals surface area contributed by atoms with Crippen molar-refractivity contribution in [2.75, 3.05) is 14.2 Å². The van der Waals surface area contributed by atoms with E-state index in [1.807, 2.05) is 12.1 Å². The van der Waals surface area contributed by atoms with E-state index in [4.69, 9.17) is 21.1 Å². The van der Waals surface area contributed by atoms with Crippen molar-refractivity contribution in [1.29, 1.82) is 0 Å². The number of benzene rings is 1. The maximum absolute atomic E-state index is 6.67. The summed E-state index contributed by atoms with van der Waals surface area (Å²) < 4.78 is 10.8. The van der Waals surface area contributed by atoms with Gasteiger partial charge in [-0.15, -0.1) is 11.6 Å². The summed E-state index contributed by atoms with van der Waals surface area (Å²) in [6.45, 7) is 2.20. The topological polar surface area (TPSA) is 42.5 Å². The normalized spacial score (nSPS) is 35.3. The Morgan fingerprint density at radius 1 is 1.14 bits per heavy atom. The molecule has 5 heteroatoms. The number of rotatable bonds is 3. The second-order valence-electron chi connectivity index (χ2n) is 6.05. The Bertz CT molecular complexity index is 511. The molecule has 0 spiro atoms. The van der Waals surface area contributed by atoms with E-state index in [1.54, 1.807) is 14.2 Å². The predicted octanol–water partition coefficient (Wildman–Crippen LogP) is 2.67. The Morgan fingerprint density at radius 3 is 2.67 bits per heavy atom. The summed E-state index contributed by atoms with van der Waals surface area (Å²) in [4.78, 5) is 0. The Kier molecular flexibility index (Phi) is 4.29. The first-order chi connectivity index (χ1) is 10.1. The molecule has 1 aromatic carbocycles. The van der Waals surface area contributed by atoms with Crippen LogP contribution in [-0.4, -0.2) is 31.7 Å². The molecule has 1 heterocycles. The van der Waals surface area contributed by atoms with Crippen molar-refractivity contribution in [3.8, 4) is 11.5 Å². The molecule has 1 aliphatic heterocycles.